The summed E-state index contributed by atoms with van der Waals surface area (Å²) >= 11 is 0. The van der Waals surface area contributed by atoms with Crippen LogP contribution in [0.4, 0.5) is 4.79 Å². The summed E-state index contributed by atoms with van der Waals surface area (Å²) in [6, 6.07) is 1.64. The standard InChI is InChI=1S/C12H12N2O4/c1-2-7-5-8(17-12(15)16)9-10(6-3-4-6)14-18-11(9)13-7/h5-6H,2-4H2,1H3,(H,15,16). The molecular formula is C12H12N2O4. The van der Waals surface area contributed by atoms with Crippen LogP contribution in [0.5, 0.6) is 5.75 Å². The first-order valence-corrected chi connectivity index (χ1v) is 5.89. The molecule has 2 aromatic heterocycles. The van der Waals surface area contributed by atoms with Gasteiger partial charge in [-0.15, -0.1) is 0 Å². The summed E-state index contributed by atoms with van der Waals surface area (Å²) in [7, 11) is 0. The van der Waals surface area contributed by atoms with Crippen LogP contribution in [0.1, 0.15) is 37.1 Å². The normalized spacial score (nSPS) is 14.9. The monoisotopic (exact) mass is 248 g/mol. The summed E-state index contributed by atoms with van der Waals surface area (Å²) in [5, 5.41) is 13.4. The van der Waals surface area contributed by atoms with Gasteiger partial charge in [-0.25, -0.2) is 9.78 Å². The molecule has 0 amide bonds. The van der Waals surface area contributed by atoms with Crippen molar-refractivity contribution in [3.63, 3.8) is 0 Å². The lowest BCUT2D eigenvalue weighted by molar-refractivity contribution is 0.145. The summed E-state index contributed by atoms with van der Waals surface area (Å²) < 4.78 is 10.0. The minimum atomic E-state index is -1.34. The van der Waals surface area contributed by atoms with Crippen molar-refractivity contribution in [3.8, 4) is 5.75 Å². The number of nitrogens with zero attached hydrogens (tertiary/aromatic N) is 2. The van der Waals surface area contributed by atoms with Crippen LogP contribution in [0, 0.1) is 0 Å². The predicted molar refractivity (Wildman–Crippen MR) is 61.8 cm³/mol. The van der Waals surface area contributed by atoms with Crippen molar-refractivity contribution in [2.75, 3.05) is 0 Å². The number of hydrogen-bond donors (Lipinski definition) is 1. The quantitative estimate of drug-likeness (QED) is 0.840. The Morgan fingerprint density at radius 1 is 1.61 bits per heavy atom. The maximum absolute atomic E-state index is 10.7. The van der Waals surface area contributed by atoms with Crippen LogP contribution in [0.3, 0.4) is 0 Å². The molecule has 94 valence electrons. The van der Waals surface area contributed by atoms with Crippen molar-refractivity contribution >= 4 is 17.3 Å². The highest BCUT2D eigenvalue weighted by Crippen LogP contribution is 2.44. The van der Waals surface area contributed by atoms with E-state index >= 15 is 0 Å². The largest absolute Gasteiger partial charge is 0.511 e. The van der Waals surface area contributed by atoms with E-state index in [0.29, 0.717) is 23.4 Å². The molecule has 0 atom stereocenters. The highest BCUT2D eigenvalue weighted by Gasteiger charge is 2.31. The van der Waals surface area contributed by atoms with Crippen molar-refractivity contribution in [1.29, 1.82) is 0 Å². The fourth-order valence-electron chi connectivity index (χ4n) is 1.98. The zero-order valence-corrected chi connectivity index (χ0v) is 9.84. The first-order chi connectivity index (χ1) is 8.69. The maximum atomic E-state index is 10.7. The van der Waals surface area contributed by atoms with E-state index in [2.05, 4.69) is 10.1 Å². The minimum absolute atomic E-state index is 0.271. The first kappa shape index (κ1) is 11.0. The molecule has 6 heteroatoms. The number of aryl methyl sites for hydroxylation is 1. The third-order valence-corrected chi connectivity index (χ3v) is 3.01. The number of ether oxygens (including phenoxy) is 1. The van der Waals surface area contributed by atoms with E-state index in [9.17, 15) is 4.79 Å². The molecule has 0 unspecified atom stereocenters. The second-order valence-electron chi connectivity index (χ2n) is 4.36. The molecule has 1 aliphatic rings. The van der Waals surface area contributed by atoms with Gasteiger partial charge in [0.1, 0.15) is 11.1 Å². The van der Waals surface area contributed by atoms with Crippen LogP contribution in [-0.4, -0.2) is 21.4 Å². The van der Waals surface area contributed by atoms with Crippen LogP contribution < -0.4 is 4.74 Å². The van der Waals surface area contributed by atoms with Crippen molar-refractivity contribution in [3.05, 3.63) is 17.5 Å². The van der Waals surface area contributed by atoms with Gasteiger partial charge in [-0.1, -0.05) is 12.1 Å². The number of fused-ring (bicyclic) bond motifs is 1. The van der Waals surface area contributed by atoms with Gasteiger partial charge in [0.25, 0.3) is 5.71 Å². The number of carbonyl (C=O) groups is 1. The second kappa shape index (κ2) is 3.97. The van der Waals surface area contributed by atoms with Gasteiger partial charge in [0, 0.05) is 17.7 Å². The number of carboxylic acid groups (broad SMARTS) is 1. The molecule has 1 fully saturated rings. The molecule has 0 saturated heterocycles. The van der Waals surface area contributed by atoms with E-state index in [1.165, 1.54) is 0 Å². The van der Waals surface area contributed by atoms with Crippen LogP contribution >= 0.6 is 0 Å². The molecule has 0 spiro atoms. The van der Waals surface area contributed by atoms with E-state index in [-0.39, 0.29) is 5.75 Å². The zero-order chi connectivity index (χ0) is 12.7. The molecule has 0 aliphatic heterocycles. The molecule has 1 N–H and O–H groups in total. The molecule has 2 aromatic rings. The van der Waals surface area contributed by atoms with Gasteiger partial charge in [-0.3, -0.25) is 0 Å². The Bertz CT molecular complexity index is 616. The van der Waals surface area contributed by atoms with Gasteiger partial charge < -0.3 is 14.4 Å². The maximum Gasteiger partial charge on any atom is 0.511 e. The Labute approximate surface area is 103 Å². The highest BCUT2D eigenvalue weighted by molar-refractivity contribution is 5.86. The van der Waals surface area contributed by atoms with Crippen molar-refractivity contribution in [1.82, 2.24) is 10.1 Å². The third kappa shape index (κ3) is 1.79. The Balaban J connectivity index is 2.19. The molecule has 1 aliphatic carbocycles. The van der Waals surface area contributed by atoms with E-state index < -0.39 is 6.16 Å². The summed E-state index contributed by atoms with van der Waals surface area (Å²) in [6.45, 7) is 1.93. The molecule has 3 rings (SSSR count). The lowest BCUT2D eigenvalue weighted by Crippen LogP contribution is -2.04. The van der Waals surface area contributed by atoms with Crippen molar-refractivity contribution in [2.45, 2.75) is 32.1 Å². The smallest absolute Gasteiger partial charge is 0.449 e. The Hall–Kier alpha value is -2.11. The number of aromatic nitrogens is 2. The van der Waals surface area contributed by atoms with Crippen molar-refractivity contribution < 1.29 is 19.2 Å². The van der Waals surface area contributed by atoms with Gasteiger partial charge in [-0.2, -0.15) is 0 Å². The van der Waals surface area contributed by atoms with Gasteiger partial charge in [0.2, 0.25) is 0 Å². The first-order valence-electron chi connectivity index (χ1n) is 5.89. The van der Waals surface area contributed by atoms with Crippen LogP contribution in [0.15, 0.2) is 10.6 Å². The number of rotatable bonds is 3. The topological polar surface area (TPSA) is 85.5 Å². The molecule has 1 saturated carbocycles. The Morgan fingerprint density at radius 2 is 2.39 bits per heavy atom. The third-order valence-electron chi connectivity index (χ3n) is 3.01. The molecule has 6 nitrogen and oxygen atoms in total. The number of hydrogen-bond acceptors (Lipinski definition) is 5. The minimum Gasteiger partial charge on any atom is -0.449 e. The van der Waals surface area contributed by atoms with E-state index in [0.717, 1.165) is 24.2 Å². The van der Waals surface area contributed by atoms with Crippen molar-refractivity contribution in [2.24, 2.45) is 0 Å². The average molecular weight is 248 g/mol. The molecule has 0 aromatic carbocycles. The summed E-state index contributed by atoms with van der Waals surface area (Å²) in [6.07, 6.45) is 1.42. The van der Waals surface area contributed by atoms with E-state index in [1.54, 1.807) is 6.07 Å². The van der Waals surface area contributed by atoms with Gasteiger partial charge in [0.15, 0.2) is 5.75 Å². The van der Waals surface area contributed by atoms with E-state index in [4.69, 9.17) is 14.4 Å². The highest BCUT2D eigenvalue weighted by atomic mass is 16.7. The summed E-state index contributed by atoms with van der Waals surface area (Å²) in [4.78, 5) is 15.0. The Morgan fingerprint density at radius 3 is 3.00 bits per heavy atom. The summed E-state index contributed by atoms with van der Waals surface area (Å²) in [5.41, 5.74) is 1.83. The summed E-state index contributed by atoms with van der Waals surface area (Å²) in [5.74, 6) is 0.615. The molecule has 0 bridgehead atoms. The lowest BCUT2D eigenvalue weighted by atomic mass is 10.1. The Kier molecular flexibility index (Phi) is 2.43. The lowest BCUT2D eigenvalue weighted by Gasteiger charge is -2.04. The molecule has 18 heavy (non-hydrogen) atoms. The van der Waals surface area contributed by atoms with E-state index in [1.807, 2.05) is 6.92 Å². The molecule has 2 heterocycles. The predicted octanol–water partition coefficient (Wildman–Crippen LogP) is 2.72. The fraction of sp³-hybridized carbons (Fsp3) is 0.417. The van der Waals surface area contributed by atoms with Gasteiger partial charge in [0.05, 0.1) is 0 Å². The van der Waals surface area contributed by atoms with Crippen LogP contribution in [0.2, 0.25) is 0 Å². The van der Waals surface area contributed by atoms with Gasteiger partial charge >= 0.3 is 6.16 Å². The zero-order valence-electron chi connectivity index (χ0n) is 9.84. The SMILES string of the molecule is CCc1cc(OC(=O)O)c2c(C3CC3)noc2n1. The van der Waals surface area contributed by atoms with Crippen LogP contribution in [-0.2, 0) is 6.42 Å². The van der Waals surface area contributed by atoms with Gasteiger partial charge in [-0.05, 0) is 19.3 Å². The molecular weight excluding hydrogens is 236 g/mol. The molecule has 0 radical (unpaired) electrons. The fourth-order valence-corrected chi connectivity index (χ4v) is 1.98. The second-order valence-corrected chi connectivity index (χ2v) is 4.36. The number of pyridine rings is 1. The van der Waals surface area contributed by atoms with Crippen LogP contribution in [0.25, 0.3) is 11.1 Å². The average Bonchev–Trinajstić information content (AvgIpc) is 3.08.